The van der Waals surface area contributed by atoms with Gasteiger partial charge in [-0.2, -0.15) is 0 Å². The van der Waals surface area contributed by atoms with Gasteiger partial charge in [0.1, 0.15) is 5.75 Å². The zero-order valence-corrected chi connectivity index (χ0v) is 15.7. The van der Waals surface area contributed by atoms with E-state index in [1.807, 2.05) is 36.4 Å². The molecular weight excluding hydrogens is 324 g/mol. The molecule has 0 aromatic heterocycles. The molecular formula is C22H28N2O2. The van der Waals surface area contributed by atoms with Gasteiger partial charge in [0.05, 0.1) is 7.11 Å². The zero-order valence-electron chi connectivity index (χ0n) is 15.7. The summed E-state index contributed by atoms with van der Waals surface area (Å²) in [6.45, 7) is 6.08. The standard InChI is InChI=1S/C22H28N2O2/c1-17-6-5-13-24(15-17)16-18-9-11-19(12-10-18)22(25)23-14-20-7-3-4-8-21(20)26-2/h3-4,7-12,17H,5-6,13-16H2,1-2H3,(H,23,25)/t17-/m1/s1. The summed E-state index contributed by atoms with van der Waals surface area (Å²) in [5.74, 6) is 1.51. The lowest BCUT2D eigenvalue weighted by Crippen LogP contribution is -2.33. The summed E-state index contributed by atoms with van der Waals surface area (Å²) >= 11 is 0. The number of likely N-dealkylation sites (tertiary alicyclic amines) is 1. The third kappa shape index (κ3) is 4.85. The Morgan fingerprint density at radius 1 is 1.19 bits per heavy atom. The molecule has 0 bridgehead atoms. The van der Waals surface area contributed by atoms with Crippen molar-refractivity contribution >= 4 is 5.91 Å². The lowest BCUT2D eigenvalue weighted by Gasteiger charge is -2.30. The van der Waals surface area contributed by atoms with Crippen molar-refractivity contribution in [3.05, 3.63) is 65.2 Å². The molecule has 1 heterocycles. The number of carbonyl (C=O) groups excluding carboxylic acids is 1. The van der Waals surface area contributed by atoms with E-state index in [-0.39, 0.29) is 5.91 Å². The highest BCUT2D eigenvalue weighted by atomic mass is 16.5. The molecule has 1 fully saturated rings. The average Bonchev–Trinajstić information content (AvgIpc) is 2.67. The van der Waals surface area contributed by atoms with E-state index >= 15 is 0 Å². The number of hydrogen-bond acceptors (Lipinski definition) is 3. The fourth-order valence-corrected chi connectivity index (χ4v) is 3.58. The Hall–Kier alpha value is -2.33. The van der Waals surface area contributed by atoms with Crippen LogP contribution < -0.4 is 10.1 Å². The first-order valence-electron chi connectivity index (χ1n) is 9.37. The van der Waals surface area contributed by atoms with Crippen molar-refractivity contribution in [3.63, 3.8) is 0 Å². The van der Waals surface area contributed by atoms with Crippen molar-refractivity contribution < 1.29 is 9.53 Å². The average molecular weight is 352 g/mol. The number of amides is 1. The molecule has 1 N–H and O–H groups in total. The van der Waals surface area contributed by atoms with E-state index in [0.717, 1.165) is 23.8 Å². The number of para-hydroxylation sites is 1. The first-order chi connectivity index (χ1) is 12.7. The van der Waals surface area contributed by atoms with Gasteiger partial charge in [0.2, 0.25) is 0 Å². The Balaban J connectivity index is 1.55. The number of carbonyl (C=O) groups is 1. The lowest BCUT2D eigenvalue weighted by atomic mass is 9.99. The molecule has 1 atom stereocenters. The second-order valence-electron chi connectivity index (χ2n) is 7.17. The van der Waals surface area contributed by atoms with Crippen LogP contribution in [0.2, 0.25) is 0 Å². The predicted molar refractivity (Wildman–Crippen MR) is 104 cm³/mol. The van der Waals surface area contributed by atoms with Crippen molar-refractivity contribution in [3.8, 4) is 5.75 Å². The minimum Gasteiger partial charge on any atom is -0.496 e. The summed E-state index contributed by atoms with van der Waals surface area (Å²) in [7, 11) is 1.64. The molecule has 4 nitrogen and oxygen atoms in total. The molecule has 0 aliphatic carbocycles. The summed E-state index contributed by atoms with van der Waals surface area (Å²) < 4.78 is 5.32. The summed E-state index contributed by atoms with van der Waals surface area (Å²) in [6, 6.07) is 15.7. The second kappa shape index (κ2) is 8.86. The first kappa shape index (κ1) is 18.5. The van der Waals surface area contributed by atoms with Gasteiger partial charge in [-0.25, -0.2) is 0 Å². The molecule has 2 aromatic rings. The molecule has 0 spiro atoms. The smallest absolute Gasteiger partial charge is 0.251 e. The third-order valence-electron chi connectivity index (χ3n) is 5.00. The van der Waals surface area contributed by atoms with Crippen LogP contribution in [0.25, 0.3) is 0 Å². The van der Waals surface area contributed by atoms with Gasteiger partial charge < -0.3 is 10.1 Å². The second-order valence-corrected chi connectivity index (χ2v) is 7.17. The Kier molecular flexibility index (Phi) is 6.29. The molecule has 1 aliphatic heterocycles. The van der Waals surface area contributed by atoms with Crippen molar-refractivity contribution in [2.75, 3.05) is 20.2 Å². The highest BCUT2D eigenvalue weighted by Gasteiger charge is 2.16. The van der Waals surface area contributed by atoms with Crippen LogP contribution in [0.4, 0.5) is 0 Å². The highest BCUT2D eigenvalue weighted by Crippen LogP contribution is 2.19. The van der Waals surface area contributed by atoms with Crippen LogP contribution in [0.15, 0.2) is 48.5 Å². The van der Waals surface area contributed by atoms with Gasteiger partial charge in [-0.3, -0.25) is 9.69 Å². The number of benzene rings is 2. The number of piperidine rings is 1. The van der Waals surface area contributed by atoms with Crippen molar-refractivity contribution in [1.29, 1.82) is 0 Å². The van der Waals surface area contributed by atoms with E-state index in [2.05, 4.69) is 29.3 Å². The fraction of sp³-hybridized carbons (Fsp3) is 0.409. The van der Waals surface area contributed by atoms with E-state index < -0.39 is 0 Å². The molecule has 4 heteroatoms. The maximum absolute atomic E-state index is 12.4. The van der Waals surface area contributed by atoms with Gasteiger partial charge in [-0.15, -0.1) is 0 Å². The number of nitrogens with one attached hydrogen (secondary N) is 1. The topological polar surface area (TPSA) is 41.6 Å². The number of ether oxygens (including phenoxy) is 1. The lowest BCUT2D eigenvalue weighted by molar-refractivity contribution is 0.0950. The maximum atomic E-state index is 12.4. The normalized spacial score (nSPS) is 17.7. The van der Waals surface area contributed by atoms with Crippen LogP contribution in [0.5, 0.6) is 5.75 Å². The Bertz CT molecular complexity index is 727. The Morgan fingerprint density at radius 2 is 1.96 bits per heavy atom. The monoisotopic (exact) mass is 352 g/mol. The van der Waals surface area contributed by atoms with Crippen LogP contribution >= 0.6 is 0 Å². The van der Waals surface area contributed by atoms with Crippen molar-refractivity contribution in [2.24, 2.45) is 5.92 Å². The molecule has 1 saturated heterocycles. The molecule has 2 aromatic carbocycles. The SMILES string of the molecule is COc1ccccc1CNC(=O)c1ccc(CN2CCC[C@@H](C)C2)cc1. The first-order valence-corrected chi connectivity index (χ1v) is 9.37. The van der Waals surface area contributed by atoms with E-state index in [4.69, 9.17) is 4.74 Å². The Morgan fingerprint density at radius 3 is 2.69 bits per heavy atom. The summed E-state index contributed by atoms with van der Waals surface area (Å²) in [6.07, 6.45) is 2.62. The molecule has 1 amide bonds. The largest absolute Gasteiger partial charge is 0.496 e. The van der Waals surface area contributed by atoms with Gasteiger partial charge in [-0.1, -0.05) is 37.3 Å². The number of nitrogens with zero attached hydrogens (tertiary/aromatic N) is 1. The highest BCUT2D eigenvalue weighted by molar-refractivity contribution is 5.94. The summed E-state index contributed by atoms with van der Waals surface area (Å²) in [5, 5.41) is 2.97. The molecule has 3 rings (SSSR count). The molecule has 1 aliphatic rings. The van der Waals surface area contributed by atoms with E-state index in [9.17, 15) is 4.79 Å². The quantitative estimate of drug-likeness (QED) is 0.858. The van der Waals surface area contributed by atoms with Crippen LogP contribution in [0.3, 0.4) is 0 Å². The third-order valence-corrected chi connectivity index (χ3v) is 5.00. The minimum absolute atomic E-state index is 0.0611. The summed E-state index contributed by atoms with van der Waals surface area (Å²) in [4.78, 5) is 14.9. The molecule has 0 radical (unpaired) electrons. The van der Waals surface area contributed by atoms with Gasteiger partial charge in [0.25, 0.3) is 5.91 Å². The van der Waals surface area contributed by atoms with E-state index in [1.165, 1.54) is 31.5 Å². The number of hydrogen-bond donors (Lipinski definition) is 1. The molecule has 26 heavy (non-hydrogen) atoms. The molecule has 0 saturated carbocycles. The van der Waals surface area contributed by atoms with E-state index in [0.29, 0.717) is 12.1 Å². The molecule has 138 valence electrons. The van der Waals surface area contributed by atoms with Crippen molar-refractivity contribution in [2.45, 2.75) is 32.9 Å². The van der Waals surface area contributed by atoms with Gasteiger partial charge >= 0.3 is 0 Å². The van der Waals surface area contributed by atoms with Crippen LogP contribution in [-0.4, -0.2) is 31.0 Å². The van der Waals surface area contributed by atoms with Crippen LogP contribution in [-0.2, 0) is 13.1 Å². The van der Waals surface area contributed by atoms with Crippen molar-refractivity contribution in [1.82, 2.24) is 10.2 Å². The van der Waals surface area contributed by atoms with Crippen LogP contribution in [0.1, 0.15) is 41.3 Å². The number of methoxy groups -OCH3 is 1. The van der Waals surface area contributed by atoms with Crippen LogP contribution in [0, 0.1) is 5.92 Å². The minimum atomic E-state index is -0.0611. The summed E-state index contributed by atoms with van der Waals surface area (Å²) in [5.41, 5.74) is 2.93. The number of rotatable bonds is 6. The fourth-order valence-electron chi connectivity index (χ4n) is 3.58. The zero-order chi connectivity index (χ0) is 18.4. The predicted octanol–water partition coefficient (Wildman–Crippen LogP) is 3.86. The van der Waals surface area contributed by atoms with Gasteiger partial charge in [0, 0.05) is 30.8 Å². The van der Waals surface area contributed by atoms with Gasteiger partial charge in [-0.05, 0) is 49.1 Å². The van der Waals surface area contributed by atoms with Gasteiger partial charge in [0.15, 0.2) is 0 Å². The van der Waals surface area contributed by atoms with E-state index in [1.54, 1.807) is 7.11 Å². The Labute approximate surface area is 156 Å². The molecule has 0 unspecified atom stereocenters. The maximum Gasteiger partial charge on any atom is 0.251 e.